The molecule has 2 bridgehead atoms. The van der Waals surface area contributed by atoms with Gasteiger partial charge in [0.15, 0.2) is 0 Å². The highest BCUT2D eigenvalue weighted by Gasteiger charge is 2.52. The van der Waals surface area contributed by atoms with Crippen LogP contribution in [0.25, 0.3) is 0 Å². The van der Waals surface area contributed by atoms with Crippen molar-refractivity contribution in [2.24, 2.45) is 28.9 Å². The molecule has 0 radical (unpaired) electrons. The molecule has 0 spiro atoms. The molecule has 18 heavy (non-hydrogen) atoms. The van der Waals surface area contributed by atoms with Gasteiger partial charge in [-0.1, -0.05) is 34.6 Å². The highest BCUT2D eigenvalue weighted by Crippen LogP contribution is 2.61. The van der Waals surface area contributed by atoms with E-state index in [2.05, 4.69) is 13.8 Å². The molecular formula is C16H31NO. The monoisotopic (exact) mass is 253 g/mol. The lowest BCUT2D eigenvalue weighted by Crippen LogP contribution is -2.51. The van der Waals surface area contributed by atoms with Crippen LogP contribution in [0.15, 0.2) is 0 Å². The lowest BCUT2D eigenvalue weighted by atomic mass is 9.46. The molecule has 3 unspecified atom stereocenters. The molecule has 0 aromatic rings. The molecule has 3 aliphatic rings. The van der Waals surface area contributed by atoms with E-state index in [1.54, 1.807) is 0 Å². The number of fused-ring (bicyclic) bond motifs is 2. The van der Waals surface area contributed by atoms with Gasteiger partial charge in [-0.25, -0.2) is 0 Å². The third kappa shape index (κ3) is 2.96. The van der Waals surface area contributed by atoms with Gasteiger partial charge in [0.2, 0.25) is 0 Å². The Morgan fingerprint density at radius 2 is 1.72 bits per heavy atom. The molecule has 0 heterocycles. The molecule has 3 atom stereocenters. The van der Waals surface area contributed by atoms with Crippen LogP contribution in [0, 0.1) is 23.2 Å². The van der Waals surface area contributed by atoms with Crippen LogP contribution >= 0.6 is 0 Å². The van der Waals surface area contributed by atoms with Crippen LogP contribution < -0.4 is 5.73 Å². The van der Waals surface area contributed by atoms with Crippen molar-refractivity contribution in [3.05, 3.63) is 0 Å². The second-order valence-corrected chi connectivity index (χ2v) is 6.45. The van der Waals surface area contributed by atoms with Crippen molar-refractivity contribution < 1.29 is 4.79 Å². The highest BCUT2D eigenvalue weighted by molar-refractivity contribution is 5.83. The number of nitrogens with two attached hydrogens (primary N) is 1. The summed E-state index contributed by atoms with van der Waals surface area (Å²) >= 11 is 0. The maximum absolute atomic E-state index is 11.5. The van der Waals surface area contributed by atoms with Crippen LogP contribution in [-0.4, -0.2) is 11.8 Å². The summed E-state index contributed by atoms with van der Waals surface area (Å²) in [4.78, 5) is 11.5. The number of rotatable bonds is 4. The zero-order valence-corrected chi connectivity index (χ0v) is 12.8. The second kappa shape index (κ2) is 6.18. The summed E-state index contributed by atoms with van der Waals surface area (Å²) in [6.07, 6.45) is 5.53. The molecule has 2 heteroatoms. The van der Waals surface area contributed by atoms with Crippen LogP contribution in [0.4, 0.5) is 0 Å². The van der Waals surface area contributed by atoms with E-state index < -0.39 is 0 Å². The Bertz CT molecular complexity index is 271. The largest absolute Gasteiger partial charge is 0.322 e. The molecule has 3 fully saturated rings. The Kier molecular flexibility index (Phi) is 5.39. The highest BCUT2D eigenvalue weighted by atomic mass is 16.1. The molecule has 0 aromatic carbocycles. The van der Waals surface area contributed by atoms with Gasteiger partial charge in [0.05, 0.1) is 6.04 Å². The first kappa shape index (κ1) is 15.7. The van der Waals surface area contributed by atoms with E-state index in [1.165, 1.54) is 19.3 Å². The Morgan fingerprint density at radius 1 is 1.22 bits per heavy atom. The van der Waals surface area contributed by atoms with Gasteiger partial charge in [0.25, 0.3) is 0 Å². The zero-order valence-electron chi connectivity index (χ0n) is 12.8. The van der Waals surface area contributed by atoms with Crippen LogP contribution in [0.5, 0.6) is 0 Å². The quantitative estimate of drug-likeness (QED) is 0.828. The summed E-state index contributed by atoms with van der Waals surface area (Å²) < 4.78 is 0. The van der Waals surface area contributed by atoms with Gasteiger partial charge in [0, 0.05) is 6.42 Å². The SMILES string of the molecule is CC.CCC(=O)C(N)CC1CC2CC(C1)C2(C)C. The molecule has 0 aromatic heterocycles. The summed E-state index contributed by atoms with van der Waals surface area (Å²) in [7, 11) is 0. The van der Waals surface area contributed by atoms with Gasteiger partial charge in [0.1, 0.15) is 5.78 Å². The summed E-state index contributed by atoms with van der Waals surface area (Å²) in [5.41, 5.74) is 6.50. The Morgan fingerprint density at radius 3 is 2.11 bits per heavy atom. The van der Waals surface area contributed by atoms with E-state index in [0.29, 0.717) is 17.8 Å². The number of carbonyl (C=O) groups is 1. The minimum Gasteiger partial charge on any atom is -0.322 e. The standard InChI is InChI=1S/C14H25NO.C2H6/c1-4-13(16)12(15)7-9-5-10-8-11(6-9)14(10,2)3;1-2/h9-12H,4-8,15H2,1-3H3;1-2H3. The predicted molar refractivity (Wildman–Crippen MR) is 77.3 cm³/mol. The molecule has 0 amide bonds. The molecule has 0 aliphatic heterocycles. The van der Waals surface area contributed by atoms with Gasteiger partial charge >= 0.3 is 0 Å². The van der Waals surface area contributed by atoms with Crippen LogP contribution in [-0.2, 0) is 4.79 Å². The summed E-state index contributed by atoms with van der Waals surface area (Å²) in [5.74, 6) is 2.72. The minimum absolute atomic E-state index is 0.199. The molecule has 3 rings (SSSR count). The average Bonchev–Trinajstić information content (AvgIpc) is 2.40. The molecule has 3 saturated carbocycles. The van der Waals surface area contributed by atoms with Crippen molar-refractivity contribution in [1.29, 1.82) is 0 Å². The number of Topliss-reactive ketones (excluding diaryl/α,β-unsaturated/α-hetero) is 1. The van der Waals surface area contributed by atoms with Crippen LogP contribution in [0.3, 0.4) is 0 Å². The van der Waals surface area contributed by atoms with E-state index in [4.69, 9.17) is 5.73 Å². The van der Waals surface area contributed by atoms with Gasteiger partial charge < -0.3 is 5.73 Å². The minimum atomic E-state index is -0.199. The van der Waals surface area contributed by atoms with E-state index in [-0.39, 0.29) is 11.8 Å². The van der Waals surface area contributed by atoms with E-state index >= 15 is 0 Å². The van der Waals surface area contributed by atoms with E-state index in [1.807, 2.05) is 20.8 Å². The first-order chi connectivity index (χ1) is 8.45. The van der Waals surface area contributed by atoms with Gasteiger partial charge in [-0.3, -0.25) is 4.79 Å². The maximum Gasteiger partial charge on any atom is 0.149 e. The number of ketones is 1. The van der Waals surface area contributed by atoms with Gasteiger partial charge in [-0.2, -0.15) is 0 Å². The zero-order chi connectivity index (χ0) is 13.9. The smallest absolute Gasteiger partial charge is 0.149 e. The van der Waals surface area contributed by atoms with Gasteiger partial charge in [-0.15, -0.1) is 0 Å². The topological polar surface area (TPSA) is 43.1 Å². The number of carbonyl (C=O) groups excluding carboxylic acids is 1. The maximum atomic E-state index is 11.5. The Labute approximate surface area is 113 Å². The molecule has 2 nitrogen and oxygen atoms in total. The van der Waals surface area contributed by atoms with Gasteiger partial charge in [-0.05, 0) is 48.9 Å². The second-order valence-electron chi connectivity index (χ2n) is 6.45. The van der Waals surface area contributed by atoms with Crippen molar-refractivity contribution in [2.45, 2.75) is 72.8 Å². The fraction of sp³-hybridized carbons (Fsp3) is 0.938. The van der Waals surface area contributed by atoms with Crippen molar-refractivity contribution in [2.75, 3.05) is 0 Å². The van der Waals surface area contributed by atoms with Crippen molar-refractivity contribution in [1.82, 2.24) is 0 Å². The average molecular weight is 253 g/mol. The summed E-state index contributed by atoms with van der Waals surface area (Å²) in [5, 5.41) is 0. The van der Waals surface area contributed by atoms with Crippen molar-refractivity contribution in [3.63, 3.8) is 0 Å². The number of hydrogen-bond acceptors (Lipinski definition) is 2. The van der Waals surface area contributed by atoms with Crippen molar-refractivity contribution >= 4 is 5.78 Å². The Balaban J connectivity index is 0.000000771. The molecular weight excluding hydrogens is 222 g/mol. The van der Waals surface area contributed by atoms with E-state index in [0.717, 1.165) is 18.3 Å². The fourth-order valence-corrected chi connectivity index (χ4v) is 3.77. The van der Waals surface area contributed by atoms with Crippen LogP contribution in [0.2, 0.25) is 0 Å². The first-order valence-electron chi connectivity index (χ1n) is 7.73. The third-order valence-corrected chi connectivity index (χ3v) is 5.26. The number of hydrogen-bond donors (Lipinski definition) is 1. The fourth-order valence-electron chi connectivity index (χ4n) is 3.77. The Hall–Kier alpha value is -0.370. The van der Waals surface area contributed by atoms with Crippen LogP contribution in [0.1, 0.15) is 66.7 Å². The normalized spacial score (nSPS) is 33.8. The lowest BCUT2D eigenvalue weighted by molar-refractivity contribution is -0.122. The lowest BCUT2D eigenvalue weighted by Gasteiger charge is -2.59. The predicted octanol–water partition coefficient (Wildman–Crippen LogP) is 3.78. The molecule has 2 N–H and O–H groups in total. The third-order valence-electron chi connectivity index (χ3n) is 5.26. The molecule has 0 saturated heterocycles. The first-order valence-corrected chi connectivity index (χ1v) is 7.73. The van der Waals surface area contributed by atoms with E-state index in [9.17, 15) is 4.79 Å². The van der Waals surface area contributed by atoms with Crippen molar-refractivity contribution in [3.8, 4) is 0 Å². The summed E-state index contributed by atoms with van der Waals surface area (Å²) in [6, 6.07) is -0.199. The molecule has 3 aliphatic carbocycles. The summed E-state index contributed by atoms with van der Waals surface area (Å²) in [6.45, 7) is 10.7. The molecule has 106 valence electrons.